The van der Waals surface area contributed by atoms with Crippen LogP contribution in [0.2, 0.25) is 5.02 Å². The fourth-order valence-electron chi connectivity index (χ4n) is 1.49. The Balaban J connectivity index is 2.35. The average molecular weight is 255 g/mol. The van der Waals surface area contributed by atoms with Crippen molar-refractivity contribution in [3.8, 4) is 0 Å². The number of nitrogens with zero attached hydrogens (tertiary/aromatic N) is 1. The van der Waals surface area contributed by atoms with Crippen LogP contribution in [0, 0.1) is 0 Å². The molecule has 2 rings (SSSR count). The van der Waals surface area contributed by atoms with E-state index in [0.717, 1.165) is 5.69 Å². The first kappa shape index (κ1) is 11.4. The summed E-state index contributed by atoms with van der Waals surface area (Å²) in [7, 11) is 0. The number of anilines is 1. The summed E-state index contributed by atoms with van der Waals surface area (Å²) in [6.07, 6.45) is 1.80. The molecular weight excluding hydrogens is 244 g/mol. The van der Waals surface area contributed by atoms with Crippen molar-refractivity contribution in [1.82, 2.24) is 0 Å². The number of rotatable bonds is 2. The molecule has 3 nitrogen and oxygen atoms in total. The molecule has 0 bridgehead atoms. The van der Waals surface area contributed by atoms with Crippen LogP contribution in [0.3, 0.4) is 0 Å². The van der Waals surface area contributed by atoms with Gasteiger partial charge in [-0.25, -0.2) is 0 Å². The molecule has 0 saturated heterocycles. The first-order chi connectivity index (χ1) is 7.54. The molecule has 16 heavy (non-hydrogen) atoms. The van der Waals surface area contributed by atoms with Crippen LogP contribution in [0.5, 0.6) is 0 Å². The number of primary amides is 1. The van der Waals surface area contributed by atoms with Crippen LogP contribution in [0.4, 0.5) is 5.69 Å². The minimum absolute atomic E-state index is 0.372. The molecule has 84 valence electrons. The first-order valence-corrected chi connectivity index (χ1v) is 5.96. The standard InChI is InChI=1S/C11H11ClN2OS/c1-11(10(13)15)6-7-16-14(11)9-4-2-8(12)3-5-9/h2-7H,1H3,(H2,13,15). The van der Waals surface area contributed by atoms with Gasteiger partial charge in [-0.05, 0) is 54.6 Å². The van der Waals surface area contributed by atoms with E-state index in [1.807, 2.05) is 21.8 Å². The number of benzene rings is 1. The monoisotopic (exact) mass is 254 g/mol. The zero-order valence-electron chi connectivity index (χ0n) is 8.68. The van der Waals surface area contributed by atoms with E-state index in [9.17, 15) is 4.79 Å². The van der Waals surface area contributed by atoms with Crippen molar-refractivity contribution in [2.45, 2.75) is 12.5 Å². The Morgan fingerprint density at radius 2 is 2.06 bits per heavy atom. The van der Waals surface area contributed by atoms with Gasteiger partial charge in [0.25, 0.3) is 0 Å². The Labute approximate surface area is 103 Å². The fraction of sp³-hybridized carbons (Fsp3) is 0.182. The van der Waals surface area contributed by atoms with Crippen LogP contribution >= 0.6 is 23.5 Å². The smallest absolute Gasteiger partial charge is 0.248 e. The lowest BCUT2D eigenvalue weighted by atomic mass is 10.0. The van der Waals surface area contributed by atoms with Crippen LogP contribution in [0.1, 0.15) is 6.92 Å². The molecule has 0 spiro atoms. The molecule has 0 radical (unpaired) electrons. The van der Waals surface area contributed by atoms with Crippen molar-refractivity contribution in [2.75, 3.05) is 4.31 Å². The van der Waals surface area contributed by atoms with Gasteiger partial charge in [0.1, 0.15) is 5.54 Å². The Morgan fingerprint density at radius 3 is 2.62 bits per heavy atom. The second-order valence-corrected chi connectivity index (χ2v) is 4.98. The fourth-order valence-corrected chi connectivity index (χ4v) is 2.68. The van der Waals surface area contributed by atoms with E-state index in [4.69, 9.17) is 17.3 Å². The summed E-state index contributed by atoms with van der Waals surface area (Å²) in [4.78, 5) is 11.5. The minimum atomic E-state index is -0.779. The van der Waals surface area contributed by atoms with E-state index in [0.29, 0.717) is 5.02 Å². The van der Waals surface area contributed by atoms with Gasteiger partial charge in [-0.3, -0.25) is 9.10 Å². The van der Waals surface area contributed by atoms with E-state index in [2.05, 4.69) is 0 Å². The lowest BCUT2D eigenvalue weighted by Gasteiger charge is -2.32. The highest BCUT2D eigenvalue weighted by atomic mass is 35.5. The van der Waals surface area contributed by atoms with Crippen LogP contribution in [-0.2, 0) is 4.79 Å². The molecule has 1 aliphatic rings. The van der Waals surface area contributed by atoms with Gasteiger partial charge in [0.15, 0.2) is 0 Å². The molecular formula is C11H11ClN2OS. The van der Waals surface area contributed by atoms with Crippen molar-refractivity contribution in [2.24, 2.45) is 5.73 Å². The second-order valence-electron chi connectivity index (χ2n) is 3.69. The Morgan fingerprint density at radius 1 is 1.44 bits per heavy atom. The van der Waals surface area contributed by atoms with Gasteiger partial charge in [0, 0.05) is 10.7 Å². The Hall–Kier alpha value is -1.13. The molecule has 0 aliphatic carbocycles. The highest BCUT2D eigenvalue weighted by Crippen LogP contribution is 2.38. The molecule has 2 N–H and O–H groups in total. The lowest BCUT2D eigenvalue weighted by Crippen LogP contribution is -2.49. The summed E-state index contributed by atoms with van der Waals surface area (Å²) in [5.74, 6) is -0.372. The van der Waals surface area contributed by atoms with Crippen LogP contribution in [0.25, 0.3) is 0 Å². The average Bonchev–Trinajstić information content (AvgIpc) is 2.63. The molecule has 1 aromatic rings. The van der Waals surface area contributed by atoms with E-state index < -0.39 is 5.54 Å². The number of halogens is 1. The van der Waals surface area contributed by atoms with Gasteiger partial charge < -0.3 is 5.73 Å². The molecule has 1 amide bonds. The van der Waals surface area contributed by atoms with Gasteiger partial charge in [0.05, 0.1) is 0 Å². The van der Waals surface area contributed by atoms with Crippen LogP contribution in [0.15, 0.2) is 35.7 Å². The van der Waals surface area contributed by atoms with E-state index >= 15 is 0 Å². The summed E-state index contributed by atoms with van der Waals surface area (Å²) < 4.78 is 1.87. The zero-order valence-corrected chi connectivity index (χ0v) is 10.3. The third-order valence-corrected chi connectivity index (χ3v) is 3.85. The van der Waals surface area contributed by atoms with Crippen LogP contribution in [-0.4, -0.2) is 11.4 Å². The predicted molar refractivity (Wildman–Crippen MR) is 68.3 cm³/mol. The van der Waals surface area contributed by atoms with Crippen molar-refractivity contribution < 1.29 is 4.79 Å². The van der Waals surface area contributed by atoms with Crippen molar-refractivity contribution in [3.05, 3.63) is 40.8 Å². The highest BCUT2D eigenvalue weighted by Gasteiger charge is 2.39. The maximum atomic E-state index is 11.5. The molecule has 1 unspecified atom stereocenters. The summed E-state index contributed by atoms with van der Waals surface area (Å²) >= 11 is 7.26. The van der Waals surface area contributed by atoms with Crippen LogP contribution < -0.4 is 10.0 Å². The highest BCUT2D eigenvalue weighted by molar-refractivity contribution is 8.03. The van der Waals surface area contributed by atoms with E-state index in [1.54, 1.807) is 25.1 Å². The third-order valence-electron chi connectivity index (χ3n) is 2.54. The summed E-state index contributed by atoms with van der Waals surface area (Å²) in [6.45, 7) is 1.79. The molecule has 0 saturated carbocycles. The van der Waals surface area contributed by atoms with E-state index in [-0.39, 0.29) is 5.91 Å². The van der Waals surface area contributed by atoms with Gasteiger partial charge in [-0.15, -0.1) is 0 Å². The first-order valence-electron chi connectivity index (χ1n) is 4.74. The van der Waals surface area contributed by atoms with Crippen molar-refractivity contribution >= 4 is 35.1 Å². The van der Waals surface area contributed by atoms with Crippen molar-refractivity contribution in [3.63, 3.8) is 0 Å². The molecule has 1 aromatic carbocycles. The summed E-state index contributed by atoms with van der Waals surface area (Å²) in [5, 5.41) is 2.53. The quantitative estimate of drug-likeness (QED) is 0.825. The largest absolute Gasteiger partial charge is 0.367 e. The molecule has 0 aromatic heterocycles. The van der Waals surface area contributed by atoms with Gasteiger partial charge in [-0.1, -0.05) is 11.6 Å². The number of hydrogen-bond acceptors (Lipinski definition) is 3. The number of carbonyl (C=O) groups is 1. The molecule has 1 heterocycles. The molecule has 1 aliphatic heterocycles. The zero-order chi connectivity index (χ0) is 11.8. The normalized spacial score (nSPS) is 23.8. The maximum absolute atomic E-state index is 11.5. The van der Waals surface area contributed by atoms with Gasteiger partial charge >= 0.3 is 0 Å². The number of amides is 1. The molecule has 5 heteroatoms. The number of nitrogens with two attached hydrogens (primary N) is 1. The predicted octanol–water partition coefficient (Wildman–Crippen LogP) is 2.57. The number of carbonyl (C=O) groups excluding carboxylic acids is 1. The van der Waals surface area contributed by atoms with Gasteiger partial charge in [0.2, 0.25) is 5.91 Å². The molecule has 0 fully saturated rings. The maximum Gasteiger partial charge on any atom is 0.248 e. The summed E-state index contributed by atoms with van der Waals surface area (Å²) in [6, 6.07) is 7.31. The topological polar surface area (TPSA) is 46.3 Å². The van der Waals surface area contributed by atoms with E-state index in [1.165, 1.54) is 11.9 Å². The lowest BCUT2D eigenvalue weighted by molar-refractivity contribution is -0.120. The minimum Gasteiger partial charge on any atom is -0.367 e. The second kappa shape index (κ2) is 4.03. The van der Waals surface area contributed by atoms with Crippen molar-refractivity contribution in [1.29, 1.82) is 0 Å². The SMILES string of the molecule is CC1(C(N)=O)C=CSN1c1ccc(Cl)cc1. The Kier molecular flexibility index (Phi) is 2.86. The summed E-state index contributed by atoms with van der Waals surface area (Å²) in [5.41, 5.74) is 5.54. The van der Waals surface area contributed by atoms with Gasteiger partial charge in [-0.2, -0.15) is 0 Å². The number of hydrogen-bond donors (Lipinski definition) is 1. The molecule has 1 atom stereocenters. The Bertz CT molecular complexity index is 446. The third kappa shape index (κ3) is 1.79.